The van der Waals surface area contributed by atoms with Crippen molar-refractivity contribution in [3.63, 3.8) is 0 Å². The van der Waals surface area contributed by atoms with E-state index in [-0.39, 0.29) is 27.9 Å². The smallest absolute Gasteiger partial charge is 0.280 e. The number of rotatable bonds is 13. The molecule has 11 nitrogen and oxygen atoms in total. The molecule has 12 heteroatoms. The largest absolute Gasteiger partial charge is 0.390 e. The van der Waals surface area contributed by atoms with Gasteiger partial charge in [0, 0.05) is 30.1 Å². The molecule has 0 aliphatic carbocycles. The van der Waals surface area contributed by atoms with Gasteiger partial charge in [0.25, 0.3) is 5.56 Å². The number of aromatic amines is 1. The Balaban J connectivity index is 1.43. The molecule has 3 heterocycles. The zero-order valence-electron chi connectivity index (χ0n) is 23.5. The number of nitrogen functional groups attached to an aromatic ring is 1. The van der Waals surface area contributed by atoms with Crippen LogP contribution < -0.4 is 16.6 Å². The first-order valence-electron chi connectivity index (χ1n) is 13.7. The van der Waals surface area contributed by atoms with E-state index in [9.17, 15) is 14.7 Å². The summed E-state index contributed by atoms with van der Waals surface area (Å²) in [6.07, 6.45) is 1.29. The van der Waals surface area contributed by atoms with Gasteiger partial charge in [0.15, 0.2) is 16.3 Å². The predicted molar refractivity (Wildman–Crippen MR) is 155 cm³/mol. The number of anilines is 1. The van der Waals surface area contributed by atoms with E-state index in [1.54, 1.807) is 4.57 Å². The Labute approximate surface area is 238 Å². The Hall–Kier alpha value is -2.77. The van der Waals surface area contributed by atoms with Crippen LogP contribution in [0.1, 0.15) is 58.7 Å². The Morgan fingerprint density at radius 3 is 2.83 bits per heavy atom. The highest BCUT2D eigenvalue weighted by Gasteiger charge is 2.43. The van der Waals surface area contributed by atoms with E-state index < -0.39 is 30.2 Å². The van der Waals surface area contributed by atoms with Gasteiger partial charge in [0.05, 0.1) is 25.1 Å². The molecule has 2 aromatic heterocycles. The van der Waals surface area contributed by atoms with Crippen LogP contribution in [0.2, 0.25) is 0 Å². The first-order chi connectivity index (χ1) is 19.1. The van der Waals surface area contributed by atoms with E-state index >= 15 is 0 Å². The number of imidazole rings is 1. The lowest BCUT2D eigenvalue weighted by atomic mass is 9.90. The first-order valence-corrected chi connectivity index (χ1v) is 14.7. The number of nitrogens with zero attached hydrogens (tertiary/aromatic N) is 3. The van der Waals surface area contributed by atoms with E-state index in [4.69, 9.17) is 15.2 Å². The molecule has 1 aliphatic rings. The molecule has 218 valence electrons. The van der Waals surface area contributed by atoms with Gasteiger partial charge in [0.2, 0.25) is 5.95 Å². The van der Waals surface area contributed by atoms with Crippen molar-refractivity contribution in [2.24, 2.45) is 11.3 Å². The number of H-pyrrole nitrogens is 1. The zero-order valence-corrected chi connectivity index (χ0v) is 24.3. The average molecular weight is 573 g/mol. The monoisotopic (exact) mass is 572 g/mol. The van der Waals surface area contributed by atoms with Crippen molar-refractivity contribution in [1.82, 2.24) is 24.8 Å². The molecule has 4 rings (SSSR count). The van der Waals surface area contributed by atoms with E-state index in [0.717, 1.165) is 18.4 Å². The Bertz CT molecular complexity index is 1330. The summed E-state index contributed by atoms with van der Waals surface area (Å²) < 4.78 is 14.1. The minimum atomic E-state index is -0.794. The summed E-state index contributed by atoms with van der Waals surface area (Å²) in [6, 6.07) is 9.97. The van der Waals surface area contributed by atoms with Gasteiger partial charge in [-0.15, -0.1) is 0 Å². The minimum Gasteiger partial charge on any atom is -0.390 e. The number of benzene rings is 1. The number of fused-ring (bicyclic) bond motifs is 1. The first kappa shape index (κ1) is 30.2. The number of aliphatic hydroxyl groups is 1. The van der Waals surface area contributed by atoms with Gasteiger partial charge in [-0.2, -0.15) is 4.98 Å². The normalized spacial score (nSPS) is 22.1. The molecule has 1 saturated heterocycles. The molecule has 40 heavy (non-hydrogen) atoms. The fourth-order valence-electron chi connectivity index (χ4n) is 5.03. The van der Waals surface area contributed by atoms with Gasteiger partial charge in [-0.05, 0) is 12.0 Å². The molecule has 0 radical (unpaired) electrons. The van der Waals surface area contributed by atoms with Crippen molar-refractivity contribution in [1.29, 1.82) is 0 Å². The maximum Gasteiger partial charge on any atom is 0.280 e. The summed E-state index contributed by atoms with van der Waals surface area (Å²) in [4.78, 5) is 35.7. The Morgan fingerprint density at radius 1 is 1.35 bits per heavy atom. The minimum absolute atomic E-state index is 0.0185. The lowest BCUT2D eigenvalue weighted by Crippen LogP contribution is -2.38. The van der Waals surface area contributed by atoms with Crippen LogP contribution in [0.5, 0.6) is 0 Å². The molecule has 5 unspecified atom stereocenters. The quantitative estimate of drug-likeness (QED) is 0.177. The van der Waals surface area contributed by atoms with Crippen LogP contribution in [0.15, 0.2) is 41.5 Å². The number of ether oxygens (including phenoxy) is 2. The van der Waals surface area contributed by atoms with Crippen molar-refractivity contribution in [2.75, 3.05) is 18.1 Å². The van der Waals surface area contributed by atoms with Gasteiger partial charge >= 0.3 is 0 Å². The fraction of sp³-hybridized carbons (Fsp3) is 0.571. The molecule has 0 spiro atoms. The number of nitrogens with one attached hydrogen (secondary N) is 2. The van der Waals surface area contributed by atoms with Crippen LogP contribution in [-0.4, -0.2) is 60.5 Å². The fourth-order valence-corrected chi connectivity index (χ4v) is 5.89. The number of aromatic nitrogens is 4. The van der Waals surface area contributed by atoms with Crippen LogP contribution >= 0.6 is 11.8 Å². The van der Waals surface area contributed by atoms with Gasteiger partial charge in [0.1, 0.15) is 12.5 Å². The second-order valence-corrected chi connectivity index (χ2v) is 12.0. The number of hydrogen-bond donors (Lipinski definition) is 4. The van der Waals surface area contributed by atoms with Crippen LogP contribution in [0, 0.1) is 11.3 Å². The topological polar surface area (TPSA) is 157 Å². The van der Waals surface area contributed by atoms with E-state index in [2.05, 4.69) is 27.2 Å². The summed E-state index contributed by atoms with van der Waals surface area (Å²) >= 11 is 1.30. The molecule has 5 N–H and O–H groups in total. The molecule has 5 atom stereocenters. The maximum absolute atomic E-state index is 12.6. The highest BCUT2D eigenvalue weighted by Crippen LogP contribution is 2.37. The SMILES string of the molecule is CCCC(C)(C)C(=O)SCCOC(CC1OC(n2cnc3c(=O)[nH]c(N)nc32)C(C)C1O)NCc1ccccc1. The van der Waals surface area contributed by atoms with Crippen LogP contribution in [0.25, 0.3) is 11.2 Å². The number of nitrogens with two attached hydrogens (primary N) is 1. The third-order valence-corrected chi connectivity index (χ3v) is 8.48. The summed E-state index contributed by atoms with van der Waals surface area (Å²) in [5.74, 6) is 0.203. The molecular weight excluding hydrogens is 532 g/mol. The molecule has 0 bridgehead atoms. The van der Waals surface area contributed by atoms with E-state index in [1.165, 1.54) is 18.1 Å². The van der Waals surface area contributed by atoms with Crippen LogP contribution in [0.3, 0.4) is 0 Å². The van der Waals surface area contributed by atoms with Crippen molar-refractivity contribution in [3.8, 4) is 0 Å². The zero-order chi connectivity index (χ0) is 28.9. The summed E-state index contributed by atoms with van der Waals surface area (Å²) in [6.45, 7) is 8.86. The highest BCUT2D eigenvalue weighted by atomic mass is 32.2. The third-order valence-electron chi connectivity index (χ3n) is 7.29. The molecule has 1 aromatic carbocycles. The summed E-state index contributed by atoms with van der Waals surface area (Å²) in [7, 11) is 0. The number of thioether (sulfide) groups is 1. The number of hydrogen-bond acceptors (Lipinski definition) is 10. The lowest BCUT2D eigenvalue weighted by molar-refractivity contribution is -0.118. The van der Waals surface area contributed by atoms with Crippen molar-refractivity contribution in [3.05, 3.63) is 52.6 Å². The number of carbonyl (C=O) groups is 1. The average Bonchev–Trinajstić information content (AvgIpc) is 3.46. The number of carbonyl (C=O) groups excluding carboxylic acids is 1. The van der Waals surface area contributed by atoms with Gasteiger partial charge in [-0.25, -0.2) is 4.98 Å². The van der Waals surface area contributed by atoms with E-state index in [0.29, 0.717) is 31.0 Å². The Morgan fingerprint density at radius 2 is 2.10 bits per heavy atom. The third kappa shape index (κ3) is 7.10. The second kappa shape index (κ2) is 13.3. The van der Waals surface area contributed by atoms with Crippen LogP contribution in [0.4, 0.5) is 5.95 Å². The second-order valence-electron chi connectivity index (χ2n) is 10.9. The van der Waals surface area contributed by atoms with Crippen molar-refractivity contribution in [2.45, 2.75) is 78.2 Å². The van der Waals surface area contributed by atoms with Crippen LogP contribution in [-0.2, 0) is 20.8 Å². The predicted octanol–water partition coefficient (Wildman–Crippen LogP) is 3.20. The molecule has 0 amide bonds. The molecule has 0 saturated carbocycles. The lowest BCUT2D eigenvalue weighted by Gasteiger charge is -2.25. The number of aliphatic hydroxyl groups excluding tert-OH is 1. The molecule has 3 aromatic rings. The Kier molecular flexibility index (Phi) is 10.0. The highest BCUT2D eigenvalue weighted by molar-refractivity contribution is 8.13. The van der Waals surface area contributed by atoms with Gasteiger partial charge < -0.3 is 20.3 Å². The standard InChI is InChI=1S/C28H40N6O5S/c1-5-11-28(3,4)26(37)40-13-12-38-20(30-15-18-9-7-6-8-10-18)14-19-22(35)17(2)25(39-19)34-16-31-21-23(34)32-27(29)33-24(21)36/h6-10,16-17,19-20,22,25,30,35H,5,11-15H2,1-4H3,(H3,29,32,33,36). The summed E-state index contributed by atoms with van der Waals surface area (Å²) in [5, 5.41) is 14.7. The molecular formula is C28H40N6O5S. The molecule has 1 aliphatic heterocycles. The van der Waals surface area contributed by atoms with E-state index in [1.807, 2.05) is 51.1 Å². The maximum atomic E-state index is 12.6. The van der Waals surface area contributed by atoms with Gasteiger partial charge in [-0.3, -0.25) is 24.5 Å². The van der Waals surface area contributed by atoms with Gasteiger partial charge in [-0.1, -0.05) is 76.2 Å². The molecule has 1 fully saturated rings. The van der Waals surface area contributed by atoms with Crippen molar-refractivity contribution < 1.29 is 19.4 Å². The summed E-state index contributed by atoms with van der Waals surface area (Å²) in [5.41, 5.74) is 6.51. The van der Waals surface area contributed by atoms with Crippen molar-refractivity contribution >= 4 is 34.0 Å².